The number of unbranched alkanes of at least 4 members (excludes halogenated alkanes) is 24. The van der Waals surface area contributed by atoms with Crippen LogP contribution in [0.15, 0.2) is 0 Å². The van der Waals surface area contributed by atoms with E-state index < -0.39 is 0 Å². The SMILES string of the molecule is CCCCCCCCCCCCCCCCCCCCCCCCCCCNC(C)O. The second-order valence-electron chi connectivity index (χ2n) is 10.1. The van der Waals surface area contributed by atoms with E-state index in [1.165, 1.54) is 161 Å². The number of nitrogens with one attached hydrogen (secondary N) is 1. The summed E-state index contributed by atoms with van der Waals surface area (Å²) in [7, 11) is 0. The minimum atomic E-state index is -0.352. The van der Waals surface area contributed by atoms with Gasteiger partial charge >= 0.3 is 0 Å². The van der Waals surface area contributed by atoms with Gasteiger partial charge in [0.15, 0.2) is 0 Å². The molecule has 1 unspecified atom stereocenters. The van der Waals surface area contributed by atoms with Crippen LogP contribution in [0.25, 0.3) is 0 Å². The summed E-state index contributed by atoms with van der Waals surface area (Å²) in [6.07, 6.45) is 35.6. The zero-order chi connectivity index (χ0) is 22.7. The molecule has 188 valence electrons. The Kier molecular flexibility index (Phi) is 27.9. The van der Waals surface area contributed by atoms with Gasteiger partial charge < -0.3 is 5.11 Å². The standard InChI is InChI=1S/C29H61NO/c1-3-4-5-6-7-8-9-10-11-12-13-14-15-16-17-18-19-20-21-22-23-24-25-26-27-28-30-29(2)31/h29-31H,3-28H2,1-2H3. The van der Waals surface area contributed by atoms with Crippen LogP contribution in [0.1, 0.15) is 174 Å². The van der Waals surface area contributed by atoms with Crippen molar-refractivity contribution in [2.75, 3.05) is 6.54 Å². The molecule has 0 aromatic rings. The molecule has 0 amide bonds. The minimum absolute atomic E-state index is 0.352. The van der Waals surface area contributed by atoms with Crippen LogP contribution in [0.3, 0.4) is 0 Å². The fourth-order valence-corrected chi connectivity index (χ4v) is 4.58. The van der Waals surface area contributed by atoms with Gasteiger partial charge in [0.2, 0.25) is 0 Å². The summed E-state index contributed by atoms with van der Waals surface area (Å²) in [4.78, 5) is 0. The quantitative estimate of drug-likeness (QED) is 0.0985. The molecule has 0 aliphatic carbocycles. The van der Waals surface area contributed by atoms with Crippen LogP contribution in [0.4, 0.5) is 0 Å². The maximum atomic E-state index is 9.13. The Morgan fingerprint density at radius 1 is 0.419 bits per heavy atom. The molecule has 0 radical (unpaired) electrons. The van der Waals surface area contributed by atoms with Crippen LogP contribution in [-0.4, -0.2) is 17.9 Å². The molecule has 0 heterocycles. The Hall–Kier alpha value is -0.0800. The molecule has 0 aliphatic rings. The first-order chi connectivity index (χ1) is 15.3. The van der Waals surface area contributed by atoms with E-state index in [0.717, 1.165) is 6.54 Å². The van der Waals surface area contributed by atoms with Gasteiger partial charge in [0.1, 0.15) is 6.23 Å². The average molecular weight is 440 g/mol. The maximum absolute atomic E-state index is 9.13. The zero-order valence-corrected chi connectivity index (χ0v) is 21.9. The van der Waals surface area contributed by atoms with Gasteiger partial charge in [-0.25, -0.2) is 0 Å². The Balaban J connectivity index is 2.99. The van der Waals surface area contributed by atoms with E-state index in [-0.39, 0.29) is 6.23 Å². The van der Waals surface area contributed by atoms with Crippen molar-refractivity contribution in [3.05, 3.63) is 0 Å². The highest BCUT2D eigenvalue weighted by Crippen LogP contribution is 2.15. The third kappa shape index (κ3) is 29.9. The van der Waals surface area contributed by atoms with Crippen molar-refractivity contribution >= 4 is 0 Å². The highest BCUT2D eigenvalue weighted by molar-refractivity contribution is 4.52. The summed E-state index contributed by atoms with van der Waals surface area (Å²) in [5.41, 5.74) is 0. The molecule has 1 atom stereocenters. The molecule has 0 aromatic carbocycles. The summed E-state index contributed by atoms with van der Waals surface area (Å²) in [5.74, 6) is 0. The van der Waals surface area contributed by atoms with Gasteiger partial charge in [-0.15, -0.1) is 0 Å². The molecule has 0 aliphatic heterocycles. The summed E-state index contributed by atoms with van der Waals surface area (Å²) < 4.78 is 0. The van der Waals surface area contributed by atoms with Crippen molar-refractivity contribution in [2.45, 2.75) is 181 Å². The molecule has 0 saturated carbocycles. The fraction of sp³-hybridized carbons (Fsp3) is 1.00. The van der Waals surface area contributed by atoms with Crippen LogP contribution in [-0.2, 0) is 0 Å². The molecule has 0 spiro atoms. The van der Waals surface area contributed by atoms with Crippen molar-refractivity contribution in [1.82, 2.24) is 5.32 Å². The van der Waals surface area contributed by atoms with Crippen molar-refractivity contribution in [1.29, 1.82) is 0 Å². The lowest BCUT2D eigenvalue weighted by atomic mass is 10.0. The predicted molar refractivity (Wildman–Crippen MR) is 141 cm³/mol. The van der Waals surface area contributed by atoms with Gasteiger partial charge in [-0.1, -0.05) is 161 Å². The van der Waals surface area contributed by atoms with Crippen molar-refractivity contribution in [3.63, 3.8) is 0 Å². The highest BCUT2D eigenvalue weighted by Gasteiger charge is 1.97. The molecule has 0 aromatic heterocycles. The zero-order valence-electron chi connectivity index (χ0n) is 21.9. The summed E-state index contributed by atoms with van der Waals surface area (Å²) in [6, 6.07) is 0. The molecule has 31 heavy (non-hydrogen) atoms. The summed E-state index contributed by atoms with van der Waals surface area (Å²) in [5, 5.41) is 12.2. The van der Waals surface area contributed by atoms with E-state index in [1.54, 1.807) is 6.92 Å². The van der Waals surface area contributed by atoms with Gasteiger partial charge in [0.25, 0.3) is 0 Å². The second kappa shape index (κ2) is 28.0. The van der Waals surface area contributed by atoms with E-state index >= 15 is 0 Å². The molecule has 0 bridgehead atoms. The summed E-state index contributed by atoms with van der Waals surface area (Å²) in [6.45, 7) is 5.05. The number of hydrogen-bond donors (Lipinski definition) is 2. The van der Waals surface area contributed by atoms with E-state index in [0.29, 0.717) is 0 Å². The van der Waals surface area contributed by atoms with Crippen LogP contribution < -0.4 is 5.32 Å². The van der Waals surface area contributed by atoms with E-state index in [1.807, 2.05) is 0 Å². The monoisotopic (exact) mass is 439 g/mol. The van der Waals surface area contributed by atoms with Crippen LogP contribution in [0.2, 0.25) is 0 Å². The minimum Gasteiger partial charge on any atom is -0.379 e. The molecule has 0 rings (SSSR count). The molecule has 0 fully saturated rings. The first kappa shape index (κ1) is 30.9. The molecule has 2 N–H and O–H groups in total. The lowest BCUT2D eigenvalue weighted by Crippen LogP contribution is -2.26. The Morgan fingerprint density at radius 3 is 0.871 bits per heavy atom. The number of rotatable bonds is 27. The third-order valence-electron chi connectivity index (χ3n) is 6.72. The van der Waals surface area contributed by atoms with Gasteiger partial charge in [-0.3, -0.25) is 5.32 Å². The van der Waals surface area contributed by atoms with Gasteiger partial charge in [-0.05, 0) is 19.9 Å². The van der Waals surface area contributed by atoms with Crippen LogP contribution in [0.5, 0.6) is 0 Å². The predicted octanol–water partition coefficient (Wildman–Crippen LogP) is 9.69. The molecule has 2 heteroatoms. The highest BCUT2D eigenvalue weighted by atomic mass is 16.3. The Labute approximate surface area is 197 Å². The van der Waals surface area contributed by atoms with E-state index in [2.05, 4.69) is 12.2 Å². The topological polar surface area (TPSA) is 32.3 Å². The summed E-state index contributed by atoms with van der Waals surface area (Å²) >= 11 is 0. The fourth-order valence-electron chi connectivity index (χ4n) is 4.58. The lowest BCUT2D eigenvalue weighted by molar-refractivity contribution is 0.156. The first-order valence-electron chi connectivity index (χ1n) is 14.7. The number of aliphatic hydroxyl groups excluding tert-OH is 1. The lowest BCUT2D eigenvalue weighted by Gasteiger charge is -2.06. The van der Waals surface area contributed by atoms with Crippen molar-refractivity contribution < 1.29 is 5.11 Å². The first-order valence-corrected chi connectivity index (χ1v) is 14.7. The molecule has 0 saturated heterocycles. The molecular weight excluding hydrogens is 378 g/mol. The van der Waals surface area contributed by atoms with Gasteiger partial charge in [-0.2, -0.15) is 0 Å². The number of aliphatic hydroxyl groups is 1. The van der Waals surface area contributed by atoms with Crippen LogP contribution in [0, 0.1) is 0 Å². The van der Waals surface area contributed by atoms with E-state index in [4.69, 9.17) is 5.11 Å². The second-order valence-corrected chi connectivity index (χ2v) is 10.1. The Morgan fingerprint density at radius 2 is 0.645 bits per heavy atom. The molecule has 2 nitrogen and oxygen atoms in total. The largest absolute Gasteiger partial charge is 0.379 e. The van der Waals surface area contributed by atoms with E-state index in [9.17, 15) is 0 Å². The van der Waals surface area contributed by atoms with Crippen molar-refractivity contribution in [2.24, 2.45) is 0 Å². The molecular formula is C29H61NO. The third-order valence-corrected chi connectivity index (χ3v) is 6.72. The maximum Gasteiger partial charge on any atom is 0.102 e. The smallest absolute Gasteiger partial charge is 0.102 e. The van der Waals surface area contributed by atoms with Gasteiger partial charge in [0, 0.05) is 0 Å². The number of hydrogen-bond acceptors (Lipinski definition) is 2. The Bertz CT molecular complexity index is 305. The van der Waals surface area contributed by atoms with Crippen molar-refractivity contribution in [3.8, 4) is 0 Å². The average Bonchev–Trinajstić information content (AvgIpc) is 2.76. The van der Waals surface area contributed by atoms with Crippen LogP contribution >= 0.6 is 0 Å². The normalized spacial score (nSPS) is 12.5. The van der Waals surface area contributed by atoms with Gasteiger partial charge in [0.05, 0.1) is 0 Å².